The molecule has 0 bridgehead atoms. The van der Waals surface area contributed by atoms with Gasteiger partial charge in [-0.05, 0) is 19.4 Å². The first-order valence-electron chi connectivity index (χ1n) is 12.0. The van der Waals surface area contributed by atoms with E-state index in [1.165, 1.54) is 23.9 Å². The zero-order chi connectivity index (χ0) is 20.8. The molecule has 31 heavy (non-hydrogen) atoms. The van der Waals surface area contributed by atoms with Gasteiger partial charge in [-0.2, -0.15) is 0 Å². The molecule has 0 aliphatic carbocycles. The van der Waals surface area contributed by atoms with Gasteiger partial charge in [0.2, 0.25) is 5.72 Å². The Kier molecular flexibility index (Phi) is 4.97. The van der Waals surface area contributed by atoms with Crippen molar-refractivity contribution in [3.63, 3.8) is 0 Å². The van der Waals surface area contributed by atoms with Crippen LogP contribution >= 0.6 is 0 Å². The predicted molar refractivity (Wildman–Crippen MR) is 122 cm³/mol. The zero-order valence-corrected chi connectivity index (χ0v) is 18.5. The number of rotatable bonds is 3. The van der Waals surface area contributed by atoms with Gasteiger partial charge >= 0.3 is 0 Å². The van der Waals surface area contributed by atoms with Crippen LogP contribution in [0.4, 0.5) is 5.69 Å². The lowest BCUT2D eigenvalue weighted by Crippen LogP contribution is -2.69. The summed E-state index contributed by atoms with van der Waals surface area (Å²) in [5.41, 5.74) is 0.891. The van der Waals surface area contributed by atoms with Crippen molar-refractivity contribution < 1.29 is 14.2 Å². The maximum atomic E-state index is 7.06. The Balaban J connectivity index is 1.47. The monoisotopic (exact) mass is 423 g/mol. The van der Waals surface area contributed by atoms with Crippen molar-refractivity contribution in [3.05, 3.63) is 30.3 Å². The number of hydrogen-bond donors (Lipinski definition) is 0. The predicted octanol–water partition coefficient (Wildman–Crippen LogP) is 3.33. The fourth-order valence-electron chi connectivity index (χ4n) is 5.90. The third-order valence-corrected chi connectivity index (χ3v) is 7.64. The van der Waals surface area contributed by atoms with Crippen molar-refractivity contribution in [2.24, 2.45) is 0 Å². The topological polar surface area (TPSA) is 37.4 Å². The second-order valence-electron chi connectivity index (χ2n) is 9.26. The number of likely N-dealkylation sites (N-methyl/N-ethyl adjacent to an activating group) is 1. The lowest BCUT2D eigenvalue weighted by atomic mass is 9.92. The van der Waals surface area contributed by atoms with E-state index in [1.54, 1.807) is 0 Å². The number of likely N-dealkylation sites (tertiary alicyclic amines) is 2. The first-order chi connectivity index (χ1) is 15.3. The van der Waals surface area contributed by atoms with Gasteiger partial charge in [0, 0.05) is 68.2 Å². The molecule has 4 aliphatic heterocycles. The normalized spacial score (nSPS) is 29.3. The number of ether oxygens (including phenoxy) is 3. The summed E-state index contributed by atoms with van der Waals surface area (Å²) in [6.07, 6.45) is 3.52. The van der Waals surface area contributed by atoms with E-state index in [1.807, 2.05) is 0 Å². The summed E-state index contributed by atoms with van der Waals surface area (Å²) in [6, 6.07) is 10.9. The third kappa shape index (κ3) is 3.19. The Hall–Kier alpha value is -2.02. The van der Waals surface area contributed by atoms with Crippen molar-refractivity contribution in [1.82, 2.24) is 9.80 Å². The van der Waals surface area contributed by atoms with Crippen LogP contribution in [0.15, 0.2) is 30.3 Å². The minimum absolute atomic E-state index is 0.0319. The maximum absolute atomic E-state index is 7.06. The molecule has 4 aliphatic rings. The number of piperidine rings is 1. The first-order valence-corrected chi connectivity index (χ1v) is 12.0. The minimum atomic E-state index is -0.347. The second kappa shape index (κ2) is 7.84. The van der Waals surface area contributed by atoms with Gasteiger partial charge in [-0.3, -0.25) is 9.80 Å². The highest BCUT2D eigenvalue weighted by molar-refractivity contribution is 6.00. The molecule has 0 spiro atoms. The van der Waals surface area contributed by atoms with E-state index in [0.717, 1.165) is 82.3 Å². The van der Waals surface area contributed by atoms with E-state index in [0.29, 0.717) is 0 Å². The molecule has 6 heteroatoms. The highest BCUT2D eigenvalue weighted by Crippen LogP contribution is 2.50. The van der Waals surface area contributed by atoms with Gasteiger partial charge < -0.3 is 19.1 Å². The summed E-state index contributed by atoms with van der Waals surface area (Å²) >= 11 is 0. The number of benzene rings is 2. The molecule has 6 nitrogen and oxygen atoms in total. The smallest absolute Gasteiger partial charge is 0.203 e. The average molecular weight is 424 g/mol. The van der Waals surface area contributed by atoms with Crippen LogP contribution in [-0.2, 0) is 4.74 Å². The van der Waals surface area contributed by atoms with Crippen LogP contribution in [0.25, 0.3) is 10.8 Å². The van der Waals surface area contributed by atoms with Gasteiger partial charge in [-0.1, -0.05) is 31.2 Å². The molecule has 0 radical (unpaired) electrons. The van der Waals surface area contributed by atoms with Gasteiger partial charge in [0.15, 0.2) is 17.6 Å². The van der Waals surface area contributed by atoms with E-state index >= 15 is 0 Å². The first kappa shape index (κ1) is 19.6. The van der Waals surface area contributed by atoms with Crippen LogP contribution in [0, 0.1) is 0 Å². The largest absolute Gasteiger partial charge is 0.479 e. The van der Waals surface area contributed by atoms with Gasteiger partial charge in [-0.25, -0.2) is 0 Å². The quantitative estimate of drug-likeness (QED) is 0.754. The van der Waals surface area contributed by atoms with Gasteiger partial charge in [0.05, 0.1) is 13.2 Å². The SMILES string of the molecule is CCN1CCC2(N3CCCC3)Oc3cc(N4CCOCC4)c4ccccc4c3OC2C1. The molecule has 3 saturated heterocycles. The Morgan fingerprint density at radius 1 is 1.00 bits per heavy atom. The summed E-state index contributed by atoms with van der Waals surface area (Å²) in [4.78, 5) is 7.50. The Bertz CT molecular complexity index is 954. The second-order valence-corrected chi connectivity index (χ2v) is 9.26. The van der Waals surface area contributed by atoms with Crippen molar-refractivity contribution in [2.75, 3.05) is 63.9 Å². The molecule has 2 aromatic rings. The highest BCUT2D eigenvalue weighted by Gasteiger charge is 2.54. The standard InChI is InChI=1S/C25H33N3O3/c1-2-26-12-9-25(28-10-5-6-11-28)23(18-26)30-24-20-8-4-3-7-19(20)21(17-22(24)31-25)27-13-15-29-16-14-27/h3-4,7-8,17,23H,2,5-6,9-16,18H2,1H3. The zero-order valence-electron chi connectivity index (χ0n) is 18.5. The molecule has 0 amide bonds. The number of morpholine rings is 1. The van der Waals surface area contributed by atoms with Gasteiger partial charge in [0.1, 0.15) is 0 Å². The molecule has 6 rings (SSSR count). The summed E-state index contributed by atoms with van der Waals surface area (Å²) in [7, 11) is 0. The molecule has 2 atom stereocenters. The van der Waals surface area contributed by atoms with Crippen molar-refractivity contribution in [1.29, 1.82) is 0 Å². The van der Waals surface area contributed by atoms with Crippen molar-refractivity contribution in [3.8, 4) is 11.5 Å². The molecular formula is C25H33N3O3. The lowest BCUT2D eigenvalue weighted by molar-refractivity contribution is -0.190. The number of anilines is 1. The van der Waals surface area contributed by atoms with Crippen LogP contribution in [0.3, 0.4) is 0 Å². The minimum Gasteiger partial charge on any atom is -0.479 e. The van der Waals surface area contributed by atoms with Crippen molar-refractivity contribution in [2.45, 2.75) is 38.0 Å². The molecule has 2 unspecified atom stereocenters. The van der Waals surface area contributed by atoms with E-state index in [9.17, 15) is 0 Å². The Morgan fingerprint density at radius 2 is 1.77 bits per heavy atom. The Labute approximate surface area is 184 Å². The Morgan fingerprint density at radius 3 is 2.55 bits per heavy atom. The van der Waals surface area contributed by atoms with Crippen LogP contribution in [0.5, 0.6) is 11.5 Å². The molecule has 166 valence electrons. The molecule has 4 heterocycles. The molecule has 0 saturated carbocycles. The fourth-order valence-corrected chi connectivity index (χ4v) is 5.90. The molecule has 3 fully saturated rings. The summed E-state index contributed by atoms with van der Waals surface area (Å²) < 4.78 is 19.6. The van der Waals surface area contributed by atoms with E-state index in [4.69, 9.17) is 14.2 Å². The fraction of sp³-hybridized carbons (Fsp3) is 0.600. The van der Waals surface area contributed by atoms with Crippen LogP contribution in [0.1, 0.15) is 26.2 Å². The van der Waals surface area contributed by atoms with Gasteiger partial charge in [0.25, 0.3) is 0 Å². The summed E-state index contributed by atoms with van der Waals surface area (Å²) in [5, 5.41) is 2.40. The van der Waals surface area contributed by atoms with Crippen molar-refractivity contribution >= 4 is 16.5 Å². The number of nitrogens with zero attached hydrogens (tertiary/aromatic N) is 3. The van der Waals surface area contributed by atoms with E-state index in [-0.39, 0.29) is 11.8 Å². The van der Waals surface area contributed by atoms with E-state index < -0.39 is 0 Å². The van der Waals surface area contributed by atoms with E-state index in [2.05, 4.69) is 52.0 Å². The highest BCUT2D eigenvalue weighted by atomic mass is 16.6. The number of hydrogen-bond acceptors (Lipinski definition) is 6. The van der Waals surface area contributed by atoms with Crippen LogP contribution < -0.4 is 14.4 Å². The summed E-state index contributed by atoms with van der Waals surface area (Å²) in [6.45, 7) is 10.9. The number of fused-ring (bicyclic) bond motifs is 4. The lowest BCUT2D eigenvalue weighted by Gasteiger charge is -2.53. The molecule has 0 aromatic heterocycles. The van der Waals surface area contributed by atoms with Crippen LogP contribution in [0.2, 0.25) is 0 Å². The molecule has 2 aromatic carbocycles. The molecule has 0 N–H and O–H groups in total. The summed E-state index contributed by atoms with van der Waals surface area (Å²) in [5.74, 6) is 1.83. The third-order valence-electron chi connectivity index (χ3n) is 7.64. The maximum Gasteiger partial charge on any atom is 0.203 e. The van der Waals surface area contributed by atoms with Crippen LogP contribution in [-0.4, -0.2) is 80.7 Å². The average Bonchev–Trinajstić information content (AvgIpc) is 3.38. The molecular weight excluding hydrogens is 390 g/mol. The van der Waals surface area contributed by atoms with Gasteiger partial charge in [-0.15, -0.1) is 0 Å².